The van der Waals surface area contributed by atoms with Gasteiger partial charge in [-0.05, 0) is 37.6 Å². The Hall–Kier alpha value is -1.05. The zero-order valence-electron chi connectivity index (χ0n) is 8.96. The first-order valence-electron chi connectivity index (χ1n) is 5.46. The summed E-state index contributed by atoms with van der Waals surface area (Å²) in [6.07, 6.45) is 2.35. The molecule has 1 aromatic carbocycles. The second-order valence-corrected chi connectivity index (χ2v) is 4.90. The van der Waals surface area contributed by atoms with Gasteiger partial charge in [0.2, 0.25) is 0 Å². The summed E-state index contributed by atoms with van der Waals surface area (Å²) < 4.78 is 0.998. The normalized spacial score (nSPS) is 20.1. The van der Waals surface area contributed by atoms with Gasteiger partial charge in [0.15, 0.2) is 0 Å². The van der Waals surface area contributed by atoms with Crippen molar-refractivity contribution in [2.24, 2.45) is 0 Å². The summed E-state index contributed by atoms with van der Waals surface area (Å²) in [5.41, 5.74) is 1.62. The van der Waals surface area contributed by atoms with Crippen LogP contribution in [0.4, 0.5) is 5.69 Å². The lowest BCUT2D eigenvalue weighted by Crippen LogP contribution is -2.38. The number of rotatable bonds is 2. The fourth-order valence-corrected chi connectivity index (χ4v) is 2.29. The van der Waals surface area contributed by atoms with Crippen molar-refractivity contribution in [2.75, 3.05) is 18.4 Å². The highest BCUT2D eigenvalue weighted by Crippen LogP contribution is 2.22. The Bertz CT molecular complexity index is 405. The maximum atomic E-state index is 9.02. The third kappa shape index (κ3) is 2.75. The number of anilines is 1. The summed E-state index contributed by atoms with van der Waals surface area (Å²) in [7, 11) is 0. The zero-order chi connectivity index (χ0) is 11.4. The van der Waals surface area contributed by atoms with E-state index in [1.54, 1.807) is 0 Å². The predicted molar refractivity (Wildman–Crippen MR) is 68.4 cm³/mol. The first kappa shape index (κ1) is 11.4. The fourth-order valence-electron chi connectivity index (χ4n) is 1.93. The molecule has 1 saturated heterocycles. The van der Waals surface area contributed by atoms with E-state index >= 15 is 0 Å². The molecule has 0 saturated carbocycles. The van der Waals surface area contributed by atoms with Gasteiger partial charge in [0.1, 0.15) is 6.07 Å². The van der Waals surface area contributed by atoms with E-state index in [2.05, 4.69) is 32.6 Å². The molecule has 2 N–H and O–H groups in total. The molecule has 0 spiro atoms. The number of hydrogen-bond acceptors (Lipinski definition) is 3. The highest BCUT2D eigenvalue weighted by atomic mass is 79.9. The van der Waals surface area contributed by atoms with Gasteiger partial charge in [0.25, 0.3) is 0 Å². The van der Waals surface area contributed by atoms with Crippen LogP contribution in [-0.4, -0.2) is 19.1 Å². The summed E-state index contributed by atoms with van der Waals surface area (Å²) in [5, 5.41) is 15.8. The molecule has 84 valence electrons. The van der Waals surface area contributed by atoms with Crippen molar-refractivity contribution < 1.29 is 0 Å². The van der Waals surface area contributed by atoms with Gasteiger partial charge in [-0.2, -0.15) is 5.26 Å². The van der Waals surface area contributed by atoms with Crippen LogP contribution in [0.1, 0.15) is 18.4 Å². The molecule has 16 heavy (non-hydrogen) atoms. The highest BCUT2D eigenvalue weighted by molar-refractivity contribution is 9.10. The Morgan fingerprint density at radius 1 is 1.50 bits per heavy atom. The average molecular weight is 280 g/mol. The molecule has 1 aromatic rings. The quantitative estimate of drug-likeness (QED) is 0.875. The molecular weight excluding hydrogens is 266 g/mol. The van der Waals surface area contributed by atoms with Crippen LogP contribution >= 0.6 is 15.9 Å². The van der Waals surface area contributed by atoms with Crippen molar-refractivity contribution in [3.8, 4) is 6.07 Å². The standard InChI is InChI=1S/C12H14BrN3/c13-10-4-3-9(7-14)12(6-10)16-11-2-1-5-15-8-11/h3-4,6,11,15-16H,1-2,5,8H2. The molecule has 0 aromatic heterocycles. The fraction of sp³-hybridized carbons (Fsp3) is 0.417. The zero-order valence-corrected chi connectivity index (χ0v) is 10.5. The number of halogens is 1. The van der Waals surface area contributed by atoms with Crippen LogP contribution < -0.4 is 10.6 Å². The smallest absolute Gasteiger partial charge is 0.101 e. The highest BCUT2D eigenvalue weighted by Gasteiger charge is 2.14. The van der Waals surface area contributed by atoms with Gasteiger partial charge in [-0.15, -0.1) is 0 Å². The predicted octanol–water partition coefficient (Wildman–Crippen LogP) is 2.48. The molecule has 0 amide bonds. The lowest BCUT2D eigenvalue weighted by Gasteiger charge is -2.25. The minimum absolute atomic E-state index is 0.426. The monoisotopic (exact) mass is 279 g/mol. The Kier molecular flexibility index (Phi) is 3.81. The van der Waals surface area contributed by atoms with Gasteiger partial charge in [-0.3, -0.25) is 0 Å². The lowest BCUT2D eigenvalue weighted by molar-refractivity contribution is 0.480. The minimum Gasteiger partial charge on any atom is -0.380 e. The summed E-state index contributed by atoms with van der Waals surface area (Å²) >= 11 is 3.43. The molecule has 1 heterocycles. The topological polar surface area (TPSA) is 47.9 Å². The van der Waals surface area contributed by atoms with Crippen molar-refractivity contribution >= 4 is 21.6 Å². The largest absolute Gasteiger partial charge is 0.380 e. The van der Waals surface area contributed by atoms with Gasteiger partial charge in [-0.1, -0.05) is 15.9 Å². The van der Waals surface area contributed by atoms with Crippen LogP contribution in [0.2, 0.25) is 0 Å². The molecule has 2 rings (SSSR count). The Labute approximate surface area is 104 Å². The molecule has 1 atom stereocenters. The van der Waals surface area contributed by atoms with Gasteiger partial charge >= 0.3 is 0 Å². The van der Waals surface area contributed by atoms with Crippen molar-refractivity contribution in [2.45, 2.75) is 18.9 Å². The number of nitrogens with zero attached hydrogens (tertiary/aromatic N) is 1. The SMILES string of the molecule is N#Cc1ccc(Br)cc1NC1CCCNC1. The summed E-state index contributed by atoms with van der Waals surface area (Å²) in [5.74, 6) is 0. The molecule has 0 bridgehead atoms. The first-order valence-corrected chi connectivity index (χ1v) is 6.26. The van der Waals surface area contributed by atoms with E-state index in [4.69, 9.17) is 5.26 Å². The van der Waals surface area contributed by atoms with E-state index in [9.17, 15) is 0 Å². The third-order valence-electron chi connectivity index (χ3n) is 2.76. The van der Waals surface area contributed by atoms with Crippen LogP contribution in [0.5, 0.6) is 0 Å². The lowest BCUT2D eigenvalue weighted by atomic mass is 10.1. The van der Waals surface area contributed by atoms with Crippen molar-refractivity contribution in [1.82, 2.24) is 5.32 Å². The molecule has 0 aliphatic carbocycles. The maximum absolute atomic E-state index is 9.02. The Balaban J connectivity index is 2.13. The molecule has 1 fully saturated rings. The van der Waals surface area contributed by atoms with E-state index in [1.165, 1.54) is 6.42 Å². The second kappa shape index (κ2) is 5.33. The van der Waals surface area contributed by atoms with Crippen LogP contribution in [-0.2, 0) is 0 Å². The van der Waals surface area contributed by atoms with Gasteiger partial charge in [-0.25, -0.2) is 0 Å². The van der Waals surface area contributed by atoms with E-state index in [0.717, 1.165) is 29.7 Å². The average Bonchev–Trinajstić information content (AvgIpc) is 2.31. The molecular formula is C12H14BrN3. The summed E-state index contributed by atoms with van der Waals surface area (Å²) in [6, 6.07) is 8.33. The first-order chi connectivity index (χ1) is 7.79. The number of hydrogen-bond donors (Lipinski definition) is 2. The second-order valence-electron chi connectivity index (χ2n) is 3.99. The summed E-state index contributed by atoms with van der Waals surface area (Å²) in [4.78, 5) is 0. The van der Waals surface area contributed by atoms with Crippen LogP contribution in [0, 0.1) is 11.3 Å². The van der Waals surface area contributed by atoms with Crippen LogP contribution in [0.3, 0.4) is 0 Å². The molecule has 3 nitrogen and oxygen atoms in total. The molecule has 1 unspecified atom stereocenters. The molecule has 4 heteroatoms. The maximum Gasteiger partial charge on any atom is 0.101 e. The van der Waals surface area contributed by atoms with Crippen molar-refractivity contribution in [1.29, 1.82) is 5.26 Å². The third-order valence-corrected chi connectivity index (χ3v) is 3.25. The van der Waals surface area contributed by atoms with E-state index in [1.807, 2.05) is 18.2 Å². The molecule has 0 radical (unpaired) electrons. The number of benzene rings is 1. The van der Waals surface area contributed by atoms with Crippen molar-refractivity contribution in [3.63, 3.8) is 0 Å². The van der Waals surface area contributed by atoms with Gasteiger partial charge in [0, 0.05) is 17.1 Å². The van der Waals surface area contributed by atoms with E-state index in [0.29, 0.717) is 11.6 Å². The Morgan fingerprint density at radius 2 is 2.38 bits per heavy atom. The number of piperidine rings is 1. The van der Waals surface area contributed by atoms with Gasteiger partial charge < -0.3 is 10.6 Å². The number of nitriles is 1. The van der Waals surface area contributed by atoms with Crippen LogP contribution in [0.15, 0.2) is 22.7 Å². The Morgan fingerprint density at radius 3 is 3.06 bits per heavy atom. The number of nitrogens with one attached hydrogen (secondary N) is 2. The molecule has 1 aliphatic heterocycles. The molecule has 1 aliphatic rings. The van der Waals surface area contributed by atoms with Crippen LogP contribution in [0.25, 0.3) is 0 Å². The minimum atomic E-state index is 0.426. The van der Waals surface area contributed by atoms with Crippen molar-refractivity contribution in [3.05, 3.63) is 28.2 Å². The van der Waals surface area contributed by atoms with E-state index < -0.39 is 0 Å². The summed E-state index contributed by atoms with van der Waals surface area (Å²) in [6.45, 7) is 2.07. The van der Waals surface area contributed by atoms with E-state index in [-0.39, 0.29) is 0 Å². The van der Waals surface area contributed by atoms with Gasteiger partial charge in [0.05, 0.1) is 11.3 Å².